The number of likely N-dealkylation sites (N-methyl/N-ethyl adjacent to an activating group) is 1. The summed E-state index contributed by atoms with van der Waals surface area (Å²) in [6.45, 7) is 3.25. The van der Waals surface area contributed by atoms with Crippen molar-refractivity contribution in [3.8, 4) is 0 Å². The first-order chi connectivity index (χ1) is 10.2. The van der Waals surface area contributed by atoms with Crippen molar-refractivity contribution < 1.29 is 0 Å². The first-order valence-corrected chi connectivity index (χ1v) is 9.39. The van der Waals surface area contributed by atoms with E-state index in [1.807, 2.05) is 11.3 Å². The average Bonchev–Trinajstić information content (AvgIpc) is 2.84. The van der Waals surface area contributed by atoms with Crippen molar-refractivity contribution in [2.75, 3.05) is 6.54 Å². The number of halogens is 1. The molecule has 1 N–H and O–H groups in total. The lowest BCUT2D eigenvalue weighted by molar-refractivity contribution is 0.170. The molecular weight excluding hydrogens is 342 g/mol. The van der Waals surface area contributed by atoms with Gasteiger partial charge in [-0.3, -0.25) is 0 Å². The van der Waals surface area contributed by atoms with Gasteiger partial charge in [-0.15, -0.1) is 11.3 Å². The van der Waals surface area contributed by atoms with E-state index in [9.17, 15) is 0 Å². The maximum Gasteiger partial charge on any atom is 0.0701 e. The van der Waals surface area contributed by atoms with Crippen molar-refractivity contribution in [2.24, 2.45) is 0 Å². The molecule has 112 valence electrons. The smallest absolute Gasteiger partial charge is 0.0701 e. The van der Waals surface area contributed by atoms with Crippen LogP contribution in [0.2, 0.25) is 0 Å². The Morgan fingerprint density at radius 2 is 1.95 bits per heavy atom. The lowest BCUT2D eigenvalue weighted by Gasteiger charge is -2.49. The zero-order valence-electron chi connectivity index (χ0n) is 12.4. The van der Waals surface area contributed by atoms with Crippen LogP contribution in [0, 0.1) is 0 Å². The molecule has 0 aliphatic heterocycles. The molecule has 1 unspecified atom stereocenters. The minimum atomic E-state index is 0.327. The normalized spacial score (nSPS) is 18.2. The van der Waals surface area contributed by atoms with Crippen LogP contribution in [0.15, 0.2) is 46.3 Å². The molecule has 0 bridgehead atoms. The Morgan fingerprint density at radius 1 is 1.19 bits per heavy atom. The van der Waals surface area contributed by atoms with Crippen LogP contribution in [0.3, 0.4) is 0 Å². The topological polar surface area (TPSA) is 12.0 Å². The zero-order chi connectivity index (χ0) is 14.7. The molecule has 2 aromatic rings. The Bertz CT molecular complexity index is 574. The molecule has 0 amide bonds. The maximum absolute atomic E-state index is 3.77. The van der Waals surface area contributed by atoms with Crippen molar-refractivity contribution in [3.05, 3.63) is 56.7 Å². The van der Waals surface area contributed by atoms with Gasteiger partial charge in [-0.05, 0) is 59.4 Å². The second-order valence-electron chi connectivity index (χ2n) is 5.90. The van der Waals surface area contributed by atoms with Crippen LogP contribution in [0.25, 0.3) is 0 Å². The van der Waals surface area contributed by atoms with Crippen molar-refractivity contribution in [1.82, 2.24) is 5.32 Å². The van der Waals surface area contributed by atoms with Crippen molar-refractivity contribution in [1.29, 1.82) is 0 Å². The summed E-state index contributed by atoms with van der Waals surface area (Å²) in [5.41, 5.74) is 1.84. The Labute approximate surface area is 139 Å². The van der Waals surface area contributed by atoms with Gasteiger partial charge in [-0.25, -0.2) is 0 Å². The summed E-state index contributed by atoms with van der Waals surface area (Å²) in [7, 11) is 0. The van der Waals surface area contributed by atoms with Crippen LogP contribution in [0.1, 0.15) is 36.6 Å². The molecule has 1 saturated carbocycles. The van der Waals surface area contributed by atoms with Crippen molar-refractivity contribution in [3.63, 3.8) is 0 Å². The fraction of sp³-hybridized carbons (Fsp3) is 0.444. The second kappa shape index (κ2) is 6.64. The Hall–Kier alpha value is -0.640. The van der Waals surface area contributed by atoms with Gasteiger partial charge in [0.25, 0.3) is 0 Å². The molecule has 1 fully saturated rings. The summed E-state index contributed by atoms with van der Waals surface area (Å²) in [5.74, 6) is 0. The summed E-state index contributed by atoms with van der Waals surface area (Å²) in [4.78, 5) is 1.47. The summed E-state index contributed by atoms with van der Waals surface area (Å²) in [6.07, 6.45) is 5.09. The summed E-state index contributed by atoms with van der Waals surface area (Å²) in [5, 5.41) is 3.77. The predicted molar refractivity (Wildman–Crippen MR) is 95.2 cm³/mol. The molecule has 1 aromatic carbocycles. The first kappa shape index (κ1) is 15.3. The van der Waals surface area contributed by atoms with E-state index in [1.165, 1.54) is 33.5 Å². The highest BCUT2D eigenvalue weighted by Gasteiger charge is 2.44. The Kier molecular flexibility index (Phi) is 4.82. The minimum absolute atomic E-state index is 0.327. The van der Waals surface area contributed by atoms with Crippen molar-refractivity contribution >= 4 is 27.3 Å². The standard InChI is InChI=1S/C18H22BrNS/c1-2-20-16(13-15-9-10-17(19)21-15)18(11-6-12-18)14-7-4-3-5-8-14/h3-5,7-10,16,20H,2,6,11-13H2,1H3. The van der Waals surface area contributed by atoms with E-state index in [1.54, 1.807) is 0 Å². The van der Waals surface area contributed by atoms with Crippen LogP contribution >= 0.6 is 27.3 Å². The Balaban J connectivity index is 1.87. The molecule has 0 radical (unpaired) electrons. The largest absolute Gasteiger partial charge is 0.313 e. The van der Waals surface area contributed by atoms with Crippen molar-refractivity contribution in [2.45, 2.75) is 44.1 Å². The molecule has 0 saturated heterocycles. The van der Waals surface area contributed by atoms with E-state index < -0.39 is 0 Å². The molecule has 1 aromatic heterocycles. The lowest BCUT2D eigenvalue weighted by Crippen LogP contribution is -2.53. The van der Waals surface area contributed by atoms with Gasteiger partial charge >= 0.3 is 0 Å². The number of nitrogens with one attached hydrogen (secondary N) is 1. The average molecular weight is 364 g/mol. The molecule has 1 heterocycles. The second-order valence-corrected chi connectivity index (χ2v) is 8.44. The fourth-order valence-corrected chi connectivity index (χ4v) is 5.07. The summed E-state index contributed by atoms with van der Waals surface area (Å²) >= 11 is 5.45. The van der Waals surface area contributed by atoms with E-state index in [0.29, 0.717) is 11.5 Å². The van der Waals surface area contributed by atoms with Crippen LogP contribution in [-0.4, -0.2) is 12.6 Å². The molecular formula is C18H22BrNS. The molecule has 21 heavy (non-hydrogen) atoms. The van der Waals surface area contributed by atoms with Gasteiger partial charge in [-0.1, -0.05) is 43.7 Å². The van der Waals surface area contributed by atoms with E-state index in [-0.39, 0.29) is 0 Å². The quantitative estimate of drug-likeness (QED) is 0.747. The molecule has 3 heteroatoms. The van der Waals surface area contributed by atoms with E-state index in [4.69, 9.17) is 0 Å². The zero-order valence-corrected chi connectivity index (χ0v) is 14.8. The molecule has 1 aliphatic carbocycles. The minimum Gasteiger partial charge on any atom is -0.313 e. The molecule has 3 rings (SSSR count). The van der Waals surface area contributed by atoms with Gasteiger partial charge in [0.2, 0.25) is 0 Å². The third kappa shape index (κ3) is 3.10. The number of thiophene rings is 1. The fourth-order valence-electron chi connectivity index (χ4n) is 3.54. The number of rotatable bonds is 6. The highest BCUT2D eigenvalue weighted by molar-refractivity contribution is 9.11. The number of benzene rings is 1. The van der Waals surface area contributed by atoms with Gasteiger partial charge in [0.05, 0.1) is 3.79 Å². The predicted octanol–water partition coefficient (Wildman–Crippen LogP) is 5.15. The van der Waals surface area contributed by atoms with Crippen LogP contribution in [-0.2, 0) is 11.8 Å². The van der Waals surface area contributed by atoms with E-state index >= 15 is 0 Å². The maximum atomic E-state index is 3.77. The van der Waals surface area contributed by atoms with Crippen LogP contribution in [0.4, 0.5) is 0 Å². The third-order valence-electron chi connectivity index (χ3n) is 4.75. The highest BCUT2D eigenvalue weighted by atomic mass is 79.9. The molecule has 1 aliphatic rings. The monoisotopic (exact) mass is 363 g/mol. The van der Waals surface area contributed by atoms with E-state index in [0.717, 1.165) is 13.0 Å². The lowest BCUT2D eigenvalue weighted by atomic mass is 9.59. The first-order valence-electron chi connectivity index (χ1n) is 7.78. The van der Waals surface area contributed by atoms with Gasteiger partial charge in [0.1, 0.15) is 0 Å². The van der Waals surface area contributed by atoms with Crippen LogP contribution < -0.4 is 5.32 Å². The van der Waals surface area contributed by atoms with Gasteiger partial charge < -0.3 is 5.32 Å². The number of hydrogen-bond donors (Lipinski definition) is 1. The summed E-state index contributed by atoms with van der Waals surface area (Å²) < 4.78 is 1.23. The summed E-state index contributed by atoms with van der Waals surface area (Å²) in [6, 6.07) is 16.1. The SMILES string of the molecule is CCNC(Cc1ccc(Br)s1)C1(c2ccccc2)CCC1. The molecule has 1 nitrogen and oxygen atoms in total. The van der Waals surface area contributed by atoms with Gasteiger partial charge in [0.15, 0.2) is 0 Å². The van der Waals surface area contributed by atoms with Gasteiger partial charge in [0, 0.05) is 16.3 Å². The highest BCUT2D eigenvalue weighted by Crippen LogP contribution is 2.47. The molecule has 0 spiro atoms. The third-order valence-corrected chi connectivity index (χ3v) is 6.39. The number of hydrogen-bond acceptors (Lipinski definition) is 2. The van der Waals surface area contributed by atoms with Gasteiger partial charge in [-0.2, -0.15) is 0 Å². The van der Waals surface area contributed by atoms with E-state index in [2.05, 4.69) is 70.6 Å². The Morgan fingerprint density at radius 3 is 2.48 bits per heavy atom. The molecule has 1 atom stereocenters. The van der Waals surface area contributed by atoms with Crippen LogP contribution in [0.5, 0.6) is 0 Å².